The summed E-state index contributed by atoms with van der Waals surface area (Å²) < 4.78 is 63.3. The summed E-state index contributed by atoms with van der Waals surface area (Å²) in [6.07, 6.45) is -5.58. The summed E-state index contributed by atoms with van der Waals surface area (Å²) in [6.45, 7) is 1.41. The van der Waals surface area contributed by atoms with Crippen LogP contribution in [0.5, 0.6) is 0 Å². The fraction of sp³-hybridized carbons (Fsp3) is 0.818. The summed E-state index contributed by atoms with van der Waals surface area (Å²) in [7, 11) is -1.30. The molecule has 0 unspecified atom stereocenters. The van der Waals surface area contributed by atoms with Gasteiger partial charge in [-0.15, -0.1) is 0 Å². The molecule has 1 N–H and O–H groups in total. The van der Waals surface area contributed by atoms with Crippen LogP contribution in [0.3, 0.4) is 0 Å². The fourth-order valence-electron chi connectivity index (χ4n) is 2.03. The molecule has 11 heteroatoms. The molecule has 0 radical (unpaired) electrons. The number of hydrogen-bond acceptors (Lipinski definition) is 6. The Bertz CT molecular complexity index is 489. The SMILES string of the molecule is CCOC(=O)[C@@]1(NC(=O)C(F)(F)F)C[C@H]1CP(=O)(OC)OC. The number of ether oxygens (including phenoxy) is 1. The third-order valence-electron chi connectivity index (χ3n) is 3.34. The van der Waals surface area contributed by atoms with E-state index in [0.717, 1.165) is 14.2 Å². The van der Waals surface area contributed by atoms with Crippen molar-refractivity contribution in [1.29, 1.82) is 0 Å². The molecule has 0 saturated heterocycles. The maximum atomic E-state index is 12.4. The van der Waals surface area contributed by atoms with Crippen molar-refractivity contribution in [2.75, 3.05) is 27.0 Å². The molecule has 1 aliphatic carbocycles. The number of esters is 1. The Hall–Kier alpha value is -1.12. The molecule has 0 aliphatic heterocycles. The van der Waals surface area contributed by atoms with Gasteiger partial charge in [0.2, 0.25) is 0 Å². The van der Waals surface area contributed by atoms with E-state index in [-0.39, 0.29) is 19.2 Å². The average molecular weight is 347 g/mol. The van der Waals surface area contributed by atoms with E-state index in [0.29, 0.717) is 0 Å². The third-order valence-corrected chi connectivity index (χ3v) is 5.34. The van der Waals surface area contributed by atoms with Gasteiger partial charge in [0.25, 0.3) is 0 Å². The molecule has 0 aromatic rings. The second-order valence-electron chi connectivity index (χ2n) is 4.70. The number of nitrogens with one attached hydrogen (secondary N) is 1. The van der Waals surface area contributed by atoms with Crippen molar-refractivity contribution < 1.29 is 41.1 Å². The summed E-state index contributed by atoms with van der Waals surface area (Å²) in [6, 6.07) is 0. The van der Waals surface area contributed by atoms with E-state index in [1.807, 2.05) is 0 Å². The van der Waals surface area contributed by atoms with Crippen molar-refractivity contribution in [3.8, 4) is 0 Å². The number of rotatable bonds is 7. The summed E-state index contributed by atoms with van der Waals surface area (Å²) in [5.74, 6) is -4.09. The van der Waals surface area contributed by atoms with Crippen molar-refractivity contribution in [2.24, 2.45) is 5.92 Å². The number of halogens is 3. The van der Waals surface area contributed by atoms with Gasteiger partial charge in [-0.05, 0) is 13.3 Å². The molecule has 128 valence electrons. The maximum Gasteiger partial charge on any atom is 0.471 e. The Morgan fingerprint density at radius 3 is 2.27 bits per heavy atom. The van der Waals surface area contributed by atoms with Crippen LogP contribution < -0.4 is 5.32 Å². The zero-order chi connectivity index (χ0) is 17.2. The zero-order valence-corrected chi connectivity index (χ0v) is 13.1. The molecule has 0 bridgehead atoms. The van der Waals surface area contributed by atoms with Crippen LogP contribution in [0.25, 0.3) is 0 Å². The van der Waals surface area contributed by atoms with Crippen LogP contribution in [0.1, 0.15) is 13.3 Å². The first kappa shape index (κ1) is 18.9. The normalized spacial score (nSPS) is 24.7. The van der Waals surface area contributed by atoms with E-state index in [4.69, 9.17) is 4.74 Å². The van der Waals surface area contributed by atoms with Gasteiger partial charge >= 0.3 is 25.6 Å². The Balaban J connectivity index is 2.92. The Kier molecular flexibility index (Phi) is 5.64. The van der Waals surface area contributed by atoms with Crippen molar-refractivity contribution >= 4 is 19.5 Å². The lowest BCUT2D eigenvalue weighted by Gasteiger charge is -2.20. The van der Waals surface area contributed by atoms with E-state index in [1.165, 1.54) is 6.92 Å². The van der Waals surface area contributed by atoms with Crippen LogP contribution in [-0.2, 0) is 27.9 Å². The second-order valence-corrected chi connectivity index (χ2v) is 7.02. The van der Waals surface area contributed by atoms with Crippen LogP contribution >= 0.6 is 7.60 Å². The number of carbonyl (C=O) groups excluding carboxylic acids is 2. The maximum absolute atomic E-state index is 12.4. The lowest BCUT2D eigenvalue weighted by molar-refractivity contribution is -0.176. The van der Waals surface area contributed by atoms with E-state index in [2.05, 4.69) is 9.05 Å². The molecule has 1 amide bonds. The monoisotopic (exact) mass is 347 g/mol. The zero-order valence-electron chi connectivity index (χ0n) is 12.2. The van der Waals surface area contributed by atoms with Crippen LogP contribution in [0, 0.1) is 5.92 Å². The number of hydrogen-bond donors (Lipinski definition) is 1. The molecule has 22 heavy (non-hydrogen) atoms. The van der Waals surface area contributed by atoms with E-state index < -0.39 is 37.1 Å². The highest BCUT2D eigenvalue weighted by atomic mass is 31.2. The molecular weight excluding hydrogens is 330 g/mol. The van der Waals surface area contributed by atoms with Crippen molar-refractivity contribution in [1.82, 2.24) is 5.32 Å². The van der Waals surface area contributed by atoms with Crippen LogP contribution in [0.2, 0.25) is 0 Å². The van der Waals surface area contributed by atoms with Gasteiger partial charge in [0.05, 0.1) is 12.8 Å². The Labute approximate surface area is 125 Å². The highest BCUT2D eigenvalue weighted by Crippen LogP contribution is 2.57. The molecule has 0 aromatic heterocycles. The quantitative estimate of drug-likeness (QED) is 0.554. The lowest BCUT2D eigenvalue weighted by Crippen LogP contribution is -2.51. The van der Waals surface area contributed by atoms with Crippen LogP contribution in [0.4, 0.5) is 13.2 Å². The second kappa shape index (κ2) is 6.55. The average Bonchev–Trinajstić information content (AvgIpc) is 3.11. The highest BCUT2D eigenvalue weighted by molar-refractivity contribution is 7.53. The van der Waals surface area contributed by atoms with Gasteiger partial charge in [-0.25, -0.2) is 4.79 Å². The summed E-state index contributed by atoms with van der Waals surface area (Å²) in [4.78, 5) is 23.0. The molecule has 1 rings (SSSR count). The van der Waals surface area contributed by atoms with Crippen LogP contribution in [0.15, 0.2) is 0 Å². The van der Waals surface area contributed by atoms with Crippen molar-refractivity contribution in [2.45, 2.75) is 25.1 Å². The Morgan fingerprint density at radius 1 is 1.32 bits per heavy atom. The van der Waals surface area contributed by atoms with E-state index in [9.17, 15) is 27.3 Å². The first-order valence-electron chi connectivity index (χ1n) is 6.31. The van der Waals surface area contributed by atoms with E-state index >= 15 is 0 Å². The minimum atomic E-state index is -5.14. The highest BCUT2D eigenvalue weighted by Gasteiger charge is 2.65. The first-order valence-corrected chi connectivity index (χ1v) is 8.04. The van der Waals surface area contributed by atoms with Gasteiger partial charge < -0.3 is 19.1 Å². The van der Waals surface area contributed by atoms with Gasteiger partial charge in [0.15, 0.2) is 0 Å². The van der Waals surface area contributed by atoms with Gasteiger partial charge in [-0.2, -0.15) is 13.2 Å². The van der Waals surface area contributed by atoms with Gasteiger partial charge in [0, 0.05) is 20.1 Å². The summed E-state index contributed by atoms with van der Waals surface area (Å²) in [5, 5.41) is 1.64. The fourth-order valence-corrected chi connectivity index (χ4v) is 3.46. The number of amides is 1. The largest absolute Gasteiger partial charge is 0.471 e. The standard InChI is InChI=1S/C11H17F3NO6P/c1-4-21-9(17)10(15-8(16)11(12,13)14)5-7(10)6-22(18,19-2)20-3/h7H,4-6H2,1-3H3,(H,15,16)/t7-,10+/m0/s1. The number of carbonyl (C=O) groups is 2. The number of alkyl halides is 3. The van der Waals surface area contributed by atoms with Gasteiger partial charge in [0.1, 0.15) is 5.54 Å². The summed E-state index contributed by atoms with van der Waals surface area (Å²) >= 11 is 0. The van der Waals surface area contributed by atoms with Gasteiger partial charge in [-0.1, -0.05) is 0 Å². The molecule has 7 nitrogen and oxygen atoms in total. The Morgan fingerprint density at radius 2 is 1.86 bits per heavy atom. The lowest BCUT2D eigenvalue weighted by atomic mass is 10.2. The van der Waals surface area contributed by atoms with Crippen molar-refractivity contribution in [3.05, 3.63) is 0 Å². The molecule has 1 fully saturated rings. The third kappa shape index (κ3) is 3.99. The predicted octanol–water partition coefficient (Wildman–Crippen LogP) is 1.47. The van der Waals surface area contributed by atoms with Gasteiger partial charge in [-0.3, -0.25) is 9.36 Å². The molecule has 0 spiro atoms. The smallest absolute Gasteiger partial charge is 0.464 e. The molecule has 0 aromatic carbocycles. The van der Waals surface area contributed by atoms with Crippen molar-refractivity contribution in [3.63, 3.8) is 0 Å². The molecule has 1 saturated carbocycles. The predicted molar refractivity (Wildman–Crippen MR) is 68.2 cm³/mol. The minimum Gasteiger partial charge on any atom is -0.464 e. The first-order chi connectivity index (χ1) is 10.0. The molecular formula is C11H17F3NO6P. The molecule has 0 heterocycles. The van der Waals surface area contributed by atoms with E-state index in [1.54, 1.807) is 5.32 Å². The minimum absolute atomic E-state index is 0.0680. The topological polar surface area (TPSA) is 90.9 Å². The summed E-state index contributed by atoms with van der Waals surface area (Å²) in [5.41, 5.74) is -1.85. The van der Waals surface area contributed by atoms with Crippen LogP contribution in [-0.4, -0.2) is 50.6 Å². The molecule has 2 atom stereocenters. The molecule has 1 aliphatic rings.